The number of carbonyl (C=O) groups is 2. The molecule has 42 heavy (non-hydrogen) atoms. The molecular weight excluding hydrogens is 530 g/mol. The van der Waals surface area contributed by atoms with Gasteiger partial charge in [0.1, 0.15) is 18.5 Å². The summed E-state index contributed by atoms with van der Waals surface area (Å²) < 4.78 is 17.4. The number of aliphatic hydroxyl groups is 1. The number of nitrogens with zero attached hydrogens (tertiary/aromatic N) is 1. The third-order valence-corrected chi connectivity index (χ3v) is 8.50. The molecule has 0 radical (unpaired) electrons. The molecule has 2 aromatic rings. The lowest BCUT2D eigenvalue weighted by molar-refractivity contribution is -0.147. The highest BCUT2D eigenvalue weighted by Crippen LogP contribution is 2.49. The van der Waals surface area contributed by atoms with Crippen molar-refractivity contribution in [2.45, 2.75) is 97.4 Å². The number of aliphatic hydroxyl groups excluding tert-OH is 1. The zero-order valence-electron chi connectivity index (χ0n) is 26.2. The summed E-state index contributed by atoms with van der Waals surface area (Å²) in [5.41, 5.74) is 3.30. The van der Waals surface area contributed by atoms with Gasteiger partial charge in [0, 0.05) is 14.1 Å². The Morgan fingerprint density at radius 1 is 1.00 bits per heavy atom. The highest BCUT2D eigenvalue weighted by atomic mass is 16.6. The third-order valence-electron chi connectivity index (χ3n) is 8.50. The van der Waals surface area contributed by atoms with E-state index >= 15 is 0 Å². The van der Waals surface area contributed by atoms with Gasteiger partial charge in [-0.15, -0.1) is 0 Å². The molecule has 4 unspecified atom stereocenters. The van der Waals surface area contributed by atoms with E-state index in [2.05, 4.69) is 13.0 Å². The number of fused-ring (bicyclic) bond motifs is 2. The van der Waals surface area contributed by atoms with E-state index in [0.717, 1.165) is 74.7 Å². The van der Waals surface area contributed by atoms with E-state index in [-0.39, 0.29) is 37.4 Å². The molecule has 0 aliphatic heterocycles. The number of esters is 1. The second-order valence-corrected chi connectivity index (χ2v) is 11.6. The van der Waals surface area contributed by atoms with Crippen LogP contribution in [0.25, 0.3) is 0 Å². The minimum Gasteiger partial charge on any atom is -0.482 e. The Labute approximate surface area is 252 Å². The summed E-state index contributed by atoms with van der Waals surface area (Å²) in [7, 11) is 3.42. The smallest absolute Gasteiger partial charge is 0.409 e. The van der Waals surface area contributed by atoms with Crippen molar-refractivity contribution in [1.29, 1.82) is 0 Å². The maximum Gasteiger partial charge on any atom is 0.409 e. The van der Waals surface area contributed by atoms with Crippen LogP contribution in [-0.4, -0.2) is 55.0 Å². The maximum absolute atomic E-state index is 12.5. The Kier molecular flexibility index (Phi) is 13.7. The van der Waals surface area contributed by atoms with E-state index in [0.29, 0.717) is 11.8 Å². The Morgan fingerprint density at radius 3 is 2.48 bits per heavy atom. The van der Waals surface area contributed by atoms with E-state index in [4.69, 9.17) is 14.2 Å². The Bertz CT molecular complexity index is 1100. The standard InChI is InChI=1S/C33H45NO6.C2H6/c1-4-5-7-14-26(35)16-17-27-28-18-24-13-10-15-30(38-22-32(36)39-21-23-11-8-6-9-12-23)29(24)19-25(28)20-31(27)40-33(37)34(2)3;1-2/h6,8-13,15,25-28,31,35H,4-5,7,14,16-22H2,1-3H3;1-2H3/t25?,26?,27?,28?,31-;/m1./s1. The van der Waals surface area contributed by atoms with Crippen LogP contribution in [0.3, 0.4) is 0 Å². The predicted octanol–water partition coefficient (Wildman–Crippen LogP) is 6.97. The largest absolute Gasteiger partial charge is 0.482 e. The highest BCUT2D eigenvalue weighted by Gasteiger charge is 2.47. The summed E-state index contributed by atoms with van der Waals surface area (Å²) in [6.07, 6.45) is 7.43. The summed E-state index contributed by atoms with van der Waals surface area (Å²) in [4.78, 5) is 26.4. The van der Waals surface area contributed by atoms with Gasteiger partial charge >= 0.3 is 12.1 Å². The van der Waals surface area contributed by atoms with Crippen molar-refractivity contribution in [2.24, 2.45) is 17.8 Å². The van der Waals surface area contributed by atoms with Crippen molar-refractivity contribution in [3.8, 4) is 5.75 Å². The van der Waals surface area contributed by atoms with Crippen LogP contribution < -0.4 is 4.74 Å². The maximum atomic E-state index is 12.5. The summed E-state index contributed by atoms with van der Waals surface area (Å²) >= 11 is 0. The third kappa shape index (κ3) is 9.48. The molecule has 1 fully saturated rings. The lowest BCUT2D eigenvalue weighted by Gasteiger charge is -2.33. The van der Waals surface area contributed by atoms with Gasteiger partial charge in [0.05, 0.1) is 6.10 Å². The van der Waals surface area contributed by atoms with Gasteiger partial charge < -0.3 is 24.2 Å². The molecule has 0 saturated heterocycles. The number of carbonyl (C=O) groups excluding carboxylic acids is 2. The van der Waals surface area contributed by atoms with Crippen LogP contribution in [0.5, 0.6) is 5.75 Å². The van der Waals surface area contributed by atoms with Crippen LogP contribution in [0.15, 0.2) is 48.5 Å². The first-order chi connectivity index (χ1) is 20.4. The fraction of sp³-hybridized carbons (Fsp3) is 0.600. The molecule has 0 bridgehead atoms. The molecule has 0 heterocycles. The van der Waals surface area contributed by atoms with Crippen molar-refractivity contribution in [3.63, 3.8) is 0 Å². The molecule has 7 nitrogen and oxygen atoms in total. The van der Waals surface area contributed by atoms with Gasteiger partial charge in [0.2, 0.25) is 0 Å². The summed E-state index contributed by atoms with van der Waals surface area (Å²) in [6, 6.07) is 15.6. The quantitative estimate of drug-likeness (QED) is 0.203. The van der Waals surface area contributed by atoms with Gasteiger partial charge in [-0.3, -0.25) is 0 Å². The molecule has 2 aromatic carbocycles. The lowest BCUT2D eigenvalue weighted by Crippen LogP contribution is -2.32. The average Bonchev–Trinajstić information content (AvgIpc) is 3.33. The molecular formula is C35H51NO6. The molecule has 232 valence electrons. The monoisotopic (exact) mass is 581 g/mol. The van der Waals surface area contributed by atoms with E-state index < -0.39 is 5.97 Å². The van der Waals surface area contributed by atoms with Crippen LogP contribution in [0.1, 0.15) is 82.4 Å². The first-order valence-electron chi connectivity index (χ1n) is 15.8. The first kappa shape index (κ1) is 33.4. The van der Waals surface area contributed by atoms with Crippen LogP contribution in [-0.2, 0) is 33.7 Å². The van der Waals surface area contributed by atoms with Gasteiger partial charge in [-0.05, 0) is 79.0 Å². The molecule has 1 N–H and O–H groups in total. The van der Waals surface area contributed by atoms with Crippen LogP contribution >= 0.6 is 0 Å². The number of unbranched alkanes of at least 4 members (excludes halogenated alkanes) is 2. The summed E-state index contributed by atoms with van der Waals surface area (Å²) in [5, 5.41) is 10.6. The molecule has 1 amide bonds. The number of rotatable bonds is 13. The molecule has 2 aliphatic rings. The first-order valence-corrected chi connectivity index (χ1v) is 15.8. The Hall–Kier alpha value is -3.06. The van der Waals surface area contributed by atoms with Crippen LogP contribution in [0.2, 0.25) is 0 Å². The SMILES string of the molecule is CC.CCCCCC(O)CCC1C2Cc3cccc(OCC(=O)OCc4ccccc4)c3CC2C[C@H]1OC(=O)N(C)C. The van der Waals surface area contributed by atoms with Crippen molar-refractivity contribution in [3.05, 3.63) is 65.2 Å². The van der Waals surface area contributed by atoms with E-state index in [1.54, 1.807) is 14.1 Å². The zero-order chi connectivity index (χ0) is 30.5. The molecule has 0 spiro atoms. The van der Waals surface area contributed by atoms with Gasteiger partial charge in [0.25, 0.3) is 0 Å². The Balaban J connectivity index is 0.00000237. The molecule has 5 atom stereocenters. The minimum absolute atomic E-state index is 0.140. The van der Waals surface area contributed by atoms with Gasteiger partial charge in [-0.1, -0.05) is 82.5 Å². The molecule has 4 rings (SSSR count). The second-order valence-electron chi connectivity index (χ2n) is 11.6. The summed E-state index contributed by atoms with van der Waals surface area (Å²) in [6.45, 7) is 6.25. The van der Waals surface area contributed by atoms with Gasteiger partial charge in [-0.25, -0.2) is 9.59 Å². The highest BCUT2D eigenvalue weighted by molar-refractivity contribution is 5.71. The number of hydrogen-bond acceptors (Lipinski definition) is 6. The topological polar surface area (TPSA) is 85.3 Å². The van der Waals surface area contributed by atoms with Crippen LogP contribution in [0.4, 0.5) is 4.79 Å². The van der Waals surface area contributed by atoms with E-state index in [9.17, 15) is 14.7 Å². The van der Waals surface area contributed by atoms with Gasteiger partial charge in [0.15, 0.2) is 6.61 Å². The minimum atomic E-state index is -0.399. The number of ether oxygens (including phenoxy) is 3. The summed E-state index contributed by atoms with van der Waals surface area (Å²) in [5.74, 6) is 1.26. The fourth-order valence-corrected chi connectivity index (χ4v) is 6.36. The van der Waals surface area contributed by atoms with E-state index in [1.165, 1.54) is 10.5 Å². The zero-order valence-corrected chi connectivity index (χ0v) is 26.2. The normalized spacial score (nSPS) is 21.2. The molecule has 1 saturated carbocycles. The average molecular weight is 582 g/mol. The fourth-order valence-electron chi connectivity index (χ4n) is 6.36. The number of amides is 1. The number of benzene rings is 2. The van der Waals surface area contributed by atoms with Gasteiger partial charge in [-0.2, -0.15) is 0 Å². The van der Waals surface area contributed by atoms with Crippen molar-refractivity contribution >= 4 is 12.1 Å². The Morgan fingerprint density at radius 2 is 1.76 bits per heavy atom. The molecule has 2 aliphatic carbocycles. The van der Waals surface area contributed by atoms with Crippen molar-refractivity contribution in [2.75, 3.05) is 20.7 Å². The molecule has 7 heteroatoms. The van der Waals surface area contributed by atoms with Crippen molar-refractivity contribution < 1.29 is 28.9 Å². The number of hydrogen-bond donors (Lipinski definition) is 1. The lowest BCUT2D eigenvalue weighted by atomic mass is 9.73. The second kappa shape index (κ2) is 17.2. The van der Waals surface area contributed by atoms with Crippen LogP contribution in [0, 0.1) is 17.8 Å². The van der Waals surface area contributed by atoms with E-state index in [1.807, 2.05) is 56.3 Å². The predicted molar refractivity (Wildman–Crippen MR) is 165 cm³/mol. The van der Waals surface area contributed by atoms with Crippen molar-refractivity contribution in [1.82, 2.24) is 4.90 Å². The molecule has 0 aromatic heterocycles.